The molecule has 10 heteroatoms. The Morgan fingerprint density at radius 2 is 1.82 bits per heavy atom. The third kappa shape index (κ3) is 7.60. The molecule has 2 aromatic carbocycles. The fourth-order valence-corrected chi connectivity index (χ4v) is 4.43. The zero-order valence-electron chi connectivity index (χ0n) is 21.4. The summed E-state index contributed by atoms with van der Waals surface area (Å²) in [6.07, 6.45) is 1.59. The summed E-state index contributed by atoms with van der Waals surface area (Å²) in [5.74, 6) is 0.396. The summed E-state index contributed by atoms with van der Waals surface area (Å²) < 4.78 is 41.9. The topological polar surface area (TPSA) is 71.8 Å². The zero-order valence-corrected chi connectivity index (χ0v) is 22.1. The molecule has 1 atom stereocenters. The fraction of sp³-hybridized carbons (Fsp3) is 0.276. The van der Waals surface area contributed by atoms with Crippen LogP contribution in [0.2, 0.25) is 5.02 Å². The van der Waals surface area contributed by atoms with Crippen molar-refractivity contribution in [2.75, 3.05) is 11.9 Å². The van der Waals surface area contributed by atoms with E-state index in [-0.39, 0.29) is 0 Å². The lowest BCUT2D eigenvalue weighted by atomic mass is 9.98. The second-order valence-electron chi connectivity index (χ2n) is 9.17. The monoisotopic (exact) mass is 555 g/mol. The van der Waals surface area contributed by atoms with Gasteiger partial charge < -0.3 is 10.6 Å². The molecule has 1 amide bonds. The maximum atomic E-state index is 13.4. The molecule has 0 saturated carbocycles. The lowest BCUT2D eigenvalue weighted by molar-refractivity contribution is -0.137. The number of hydrogen-bond donors (Lipinski definition) is 2. The largest absolute Gasteiger partial charge is 0.416 e. The second-order valence-corrected chi connectivity index (χ2v) is 9.61. The standard InChI is InChI=1S/C29H29ClF3N5O/c1-20-25(19-36-38(20)24-14-12-23(30)13-15-24)28(39)37-26(21-8-7-9-22(18-21)29(31,32)33)10-3-2-5-16-34-27-11-4-6-17-35-27/h4,6-9,11-15,17-19,26H,2-3,5,10,16H2,1H3,(H,34,35)(H,37,39)/t26-/m0/s1. The van der Waals surface area contributed by atoms with Crippen molar-refractivity contribution in [3.05, 3.63) is 107 Å². The molecule has 0 spiro atoms. The van der Waals surface area contributed by atoms with Crippen molar-refractivity contribution < 1.29 is 18.0 Å². The summed E-state index contributed by atoms with van der Waals surface area (Å²) in [6, 6.07) is 17.2. The molecule has 2 N–H and O–H groups in total. The van der Waals surface area contributed by atoms with Gasteiger partial charge in [0, 0.05) is 17.8 Å². The van der Waals surface area contributed by atoms with Crippen LogP contribution in [-0.2, 0) is 6.18 Å². The summed E-state index contributed by atoms with van der Waals surface area (Å²) in [4.78, 5) is 17.5. The van der Waals surface area contributed by atoms with Crippen molar-refractivity contribution in [3.8, 4) is 5.69 Å². The number of aromatic nitrogens is 3. The van der Waals surface area contributed by atoms with Gasteiger partial charge >= 0.3 is 6.18 Å². The Hall–Kier alpha value is -3.85. The average Bonchev–Trinajstić information content (AvgIpc) is 3.31. The van der Waals surface area contributed by atoms with Crippen molar-refractivity contribution >= 4 is 23.3 Å². The van der Waals surface area contributed by atoms with E-state index in [1.54, 1.807) is 48.1 Å². The number of nitrogens with one attached hydrogen (secondary N) is 2. The van der Waals surface area contributed by atoms with E-state index in [0.29, 0.717) is 34.7 Å². The van der Waals surface area contributed by atoms with Crippen LogP contribution in [0.25, 0.3) is 5.69 Å². The minimum absolute atomic E-state index is 0.349. The number of halogens is 4. The van der Waals surface area contributed by atoms with Crippen LogP contribution >= 0.6 is 11.6 Å². The summed E-state index contributed by atoms with van der Waals surface area (Å²) in [7, 11) is 0. The molecule has 0 aliphatic carbocycles. The highest BCUT2D eigenvalue weighted by atomic mass is 35.5. The first kappa shape index (κ1) is 28.2. The van der Waals surface area contributed by atoms with Crippen molar-refractivity contribution in [1.29, 1.82) is 0 Å². The highest BCUT2D eigenvalue weighted by Gasteiger charge is 2.31. The number of carbonyl (C=O) groups is 1. The predicted molar refractivity (Wildman–Crippen MR) is 146 cm³/mol. The predicted octanol–water partition coefficient (Wildman–Crippen LogP) is 7.39. The highest BCUT2D eigenvalue weighted by Crippen LogP contribution is 2.32. The third-order valence-electron chi connectivity index (χ3n) is 6.39. The first-order valence-corrected chi connectivity index (χ1v) is 13.0. The molecule has 0 bridgehead atoms. The molecule has 0 radical (unpaired) electrons. The minimum Gasteiger partial charge on any atom is -0.370 e. The van der Waals surface area contributed by atoms with Gasteiger partial charge in [0.05, 0.1) is 34.7 Å². The Labute approximate surface area is 230 Å². The molecule has 4 aromatic rings. The Morgan fingerprint density at radius 1 is 1.03 bits per heavy atom. The summed E-state index contributed by atoms with van der Waals surface area (Å²) in [5.41, 5.74) is 1.36. The van der Waals surface area contributed by atoms with Crippen molar-refractivity contribution in [3.63, 3.8) is 0 Å². The summed E-state index contributed by atoms with van der Waals surface area (Å²) >= 11 is 5.98. The first-order chi connectivity index (χ1) is 18.7. The summed E-state index contributed by atoms with van der Waals surface area (Å²) in [6.45, 7) is 2.49. The molecule has 2 aromatic heterocycles. The molecule has 0 aliphatic heterocycles. The van der Waals surface area contributed by atoms with E-state index in [1.165, 1.54) is 12.3 Å². The van der Waals surface area contributed by atoms with Crippen LogP contribution in [0, 0.1) is 6.92 Å². The van der Waals surface area contributed by atoms with Gasteiger partial charge in [0.1, 0.15) is 5.82 Å². The van der Waals surface area contributed by atoms with E-state index in [1.807, 2.05) is 18.2 Å². The quantitative estimate of drug-likeness (QED) is 0.189. The summed E-state index contributed by atoms with van der Waals surface area (Å²) in [5, 5.41) is 11.1. The van der Waals surface area contributed by atoms with Crippen LogP contribution in [0.5, 0.6) is 0 Å². The number of unbranched alkanes of at least 4 members (excludes halogenated alkanes) is 2. The molecule has 2 heterocycles. The van der Waals surface area contributed by atoms with Gasteiger partial charge in [-0.1, -0.05) is 42.6 Å². The van der Waals surface area contributed by atoms with E-state index in [9.17, 15) is 18.0 Å². The van der Waals surface area contributed by atoms with Gasteiger partial charge in [0.2, 0.25) is 0 Å². The van der Waals surface area contributed by atoms with Gasteiger partial charge in [0.25, 0.3) is 5.91 Å². The fourth-order valence-electron chi connectivity index (χ4n) is 4.30. The number of hydrogen-bond acceptors (Lipinski definition) is 4. The minimum atomic E-state index is -4.47. The lowest BCUT2D eigenvalue weighted by Gasteiger charge is -2.21. The van der Waals surface area contributed by atoms with E-state index >= 15 is 0 Å². The van der Waals surface area contributed by atoms with E-state index in [2.05, 4.69) is 20.7 Å². The molecular weight excluding hydrogens is 527 g/mol. The molecule has 39 heavy (non-hydrogen) atoms. The number of benzene rings is 2. The Balaban J connectivity index is 1.45. The van der Waals surface area contributed by atoms with Gasteiger partial charge in [-0.2, -0.15) is 18.3 Å². The molecule has 0 saturated heterocycles. The first-order valence-electron chi connectivity index (χ1n) is 12.7. The lowest BCUT2D eigenvalue weighted by Crippen LogP contribution is -2.29. The average molecular weight is 556 g/mol. The molecular formula is C29H29ClF3N5O. The van der Waals surface area contributed by atoms with Gasteiger partial charge in [-0.05, 0) is 73.9 Å². The number of rotatable bonds is 11. The Morgan fingerprint density at radius 3 is 2.54 bits per heavy atom. The third-order valence-corrected chi connectivity index (χ3v) is 6.64. The zero-order chi connectivity index (χ0) is 27.8. The van der Waals surface area contributed by atoms with Gasteiger partial charge in [-0.25, -0.2) is 9.67 Å². The van der Waals surface area contributed by atoms with Crippen molar-refractivity contribution in [2.24, 2.45) is 0 Å². The van der Waals surface area contributed by atoms with E-state index in [4.69, 9.17) is 11.6 Å². The smallest absolute Gasteiger partial charge is 0.370 e. The number of nitrogens with zero attached hydrogens (tertiary/aromatic N) is 3. The number of carbonyl (C=O) groups excluding carboxylic acids is 1. The SMILES string of the molecule is Cc1c(C(=O)N[C@@H](CCCCCNc2ccccn2)c2cccc(C(F)(F)F)c2)cnn1-c1ccc(Cl)cc1. The van der Waals surface area contributed by atoms with E-state index in [0.717, 1.165) is 43.0 Å². The molecule has 0 unspecified atom stereocenters. The van der Waals surface area contributed by atoms with Crippen LogP contribution in [0.4, 0.5) is 19.0 Å². The number of pyridine rings is 1. The van der Waals surface area contributed by atoms with Crippen LogP contribution in [-0.4, -0.2) is 27.2 Å². The van der Waals surface area contributed by atoms with E-state index < -0.39 is 23.7 Å². The maximum absolute atomic E-state index is 13.4. The molecule has 0 aliphatic rings. The number of alkyl halides is 3. The van der Waals surface area contributed by atoms with Crippen LogP contribution in [0.3, 0.4) is 0 Å². The molecule has 0 fully saturated rings. The molecule has 6 nitrogen and oxygen atoms in total. The van der Waals surface area contributed by atoms with Crippen molar-refractivity contribution in [2.45, 2.75) is 44.8 Å². The normalized spacial score (nSPS) is 12.2. The molecule has 4 rings (SSSR count). The van der Waals surface area contributed by atoms with Crippen LogP contribution < -0.4 is 10.6 Å². The van der Waals surface area contributed by atoms with Crippen molar-refractivity contribution in [1.82, 2.24) is 20.1 Å². The van der Waals surface area contributed by atoms with Crippen LogP contribution in [0.15, 0.2) is 79.1 Å². The number of amides is 1. The second kappa shape index (κ2) is 12.8. The molecule has 204 valence electrons. The van der Waals surface area contributed by atoms with Gasteiger partial charge in [0.15, 0.2) is 0 Å². The van der Waals surface area contributed by atoms with Gasteiger partial charge in [-0.15, -0.1) is 0 Å². The van der Waals surface area contributed by atoms with Gasteiger partial charge in [-0.3, -0.25) is 4.79 Å². The van der Waals surface area contributed by atoms with Crippen LogP contribution in [0.1, 0.15) is 58.9 Å². The highest BCUT2D eigenvalue weighted by molar-refractivity contribution is 6.30. The Kier molecular flexibility index (Phi) is 9.24. The Bertz CT molecular complexity index is 1370. The maximum Gasteiger partial charge on any atom is 0.416 e. The number of anilines is 1.